The summed E-state index contributed by atoms with van der Waals surface area (Å²) in [6.07, 6.45) is -1.07. The smallest absolute Gasteiger partial charge is 0.419 e. The third-order valence-corrected chi connectivity index (χ3v) is 5.74. The van der Waals surface area contributed by atoms with Crippen molar-refractivity contribution < 1.29 is 22.7 Å². The number of carbonyl (C=O) groups is 1. The summed E-state index contributed by atoms with van der Waals surface area (Å²) in [7, 11) is 1.66. The predicted octanol–water partition coefficient (Wildman–Crippen LogP) is 5.07. The average Bonchev–Trinajstić information content (AvgIpc) is 2.87. The molecule has 3 heterocycles. The van der Waals surface area contributed by atoms with Crippen LogP contribution in [-0.2, 0) is 18.0 Å². The summed E-state index contributed by atoms with van der Waals surface area (Å²) in [5.74, 6) is -0.341. The van der Waals surface area contributed by atoms with Gasteiger partial charge in [0.05, 0.1) is 17.4 Å². The van der Waals surface area contributed by atoms with Crippen LogP contribution in [0.15, 0.2) is 12.4 Å². The molecular weight excluding hydrogens is 397 g/mol. The molecule has 0 saturated carbocycles. The average molecular weight is 426 g/mol. The quantitative estimate of drug-likeness (QED) is 0.691. The molecule has 1 aliphatic rings. The van der Waals surface area contributed by atoms with Crippen molar-refractivity contribution in [1.82, 2.24) is 14.5 Å². The first-order chi connectivity index (χ1) is 13.6. The molecule has 1 atom stereocenters. The Labute approximate surface area is 174 Å². The van der Waals surface area contributed by atoms with E-state index in [-0.39, 0.29) is 17.0 Å². The number of hydrogen-bond acceptors (Lipinski definition) is 4. The zero-order valence-corrected chi connectivity index (χ0v) is 18.2. The molecule has 0 spiro atoms. The van der Waals surface area contributed by atoms with E-state index in [2.05, 4.69) is 4.98 Å². The number of nitrogens with zero attached hydrogens (tertiary/aromatic N) is 3. The van der Waals surface area contributed by atoms with E-state index >= 15 is 0 Å². The van der Waals surface area contributed by atoms with Crippen molar-refractivity contribution in [3.8, 4) is 0 Å². The number of halogens is 3. The second kappa shape index (κ2) is 7.06. The molecule has 2 aromatic heterocycles. The topological polar surface area (TPSA) is 73.4 Å². The highest BCUT2D eigenvalue weighted by Crippen LogP contribution is 2.47. The Kier molecular flexibility index (Phi) is 5.23. The summed E-state index contributed by atoms with van der Waals surface area (Å²) in [4.78, 5) is 18.6. The number of fused-ring (bicyclic) bond motifs is 1. The van der Waals surface area contributed by atoms with Gasteiger partial charge in [-0.15, -0.1) is 0 Å². The van der Waals surface area contributed by atoms with E-state index in [0.29, 0.717) is 24.9 Å². The van der Waals surface area contributed by atoms with Crippen LogP contribution >= 0.6 is 0 Å². The number of rotatable bonds is 1. The zero-order chi connectivity index (χ0) is 22.6. The third-order valence-electron chi connectivity index (χ3n) is 5.74. The molecule has 6 nitrogen and oxygen atoms in total. The summed E-state index contributed by atoms with van der Waals surface area (Å²) in [5, 5.41) is 0.00844. The number of nitrogen functional groups attached to an aromatic ring is 1. The molecule has 0 unspecified atom stereocenters. The summed E-state index contributed by atoms with van der Waals surface area (Å²) < 4.78 is 48.9. The lowest BCUT2D eigenvalue weighted by atomic mass is 9.74. The standard InChI is InChI=1S/C21H29F3N4O2/c1-19(2,3)30-18(29)28-9-7-8-13(20(28,4)5)12-11-27(6)17-15(12)16(21(22,23)24)14(25)10-26-17/h10-11,13H,7-9,25H2,1-6H3/t13-/m0/s1. The normalized spacial score (nSPS) is 19.9. The monoisotopic (exact) mass is 426 g/mol. The van der Waals surface area contributed by atoms with E-state index in [1.807, 2.05) is 13.8 Å². The Morgan fingerprint density at radius 1 is 1.30 bits per heavy atom. The first kappa shape index (κ1) is 22.2. The highest BCUT2D eigenvalue weighted by atomic mass is 19.4. The number of aryl methyl sites for hydroxylation is 1. The maximum atomic E-state index is 13.9. The first-order valence-corrected chi connectivity index (χ1v) is 9.96. The van der Waals surface area contributed by atoms with Crippen LogP contribution in [0.5, 0.6) is 0 Å². The van der Waals surface area contributed by atoms with Gasteiger partial charge in [-0.2, -0.15) is 13.2 Å². The van der Waals surface area contributed by atoms with Gasteiger partial charge in [0, 0.05) is 36.6 Å². The van der Waals surface area contributed by atoms with Crippen molar-refractivity contribution in [3.05, 3.63) is 23.5 Å². The lowest BCUT2D eigenvalue weighted by molar-refractivity contribution is -0.135. The summed E-state index contributed by atoms with van der Waals surface area (Å²) in [6, 6.07) is 0. The van der Waals surface area contributed by atoms with Gasteiger partial charge in [0.15, 0.2) is 0 Å². The number of likely N-dealkylation sites (tertiary alicyclic amines) is 1. The Hall–Kier alpha value is -2.45. The van der Waals surface area contributed by atoms with Crippen molar-refractivity contribution in [2.45, 2.75) is 70.7 Å². The Morgan fingerprint density at radius 3 is 2.50 bits per heavy atom. The van der Waals surface area contributed by atoms with Crippen molar-refractivity contribution in [1.29, 1.82) is 0 Å². The van der Waals surface area contributed by atoms with Gasteiger partial charge in [-0.1, -0.05) is 0 Å². The summed E-state index contributed by atoms with van der Waals surface area (Å²) in [6.45, 7) is 9.57. The Bertz CT molecular complexity index is 973. The molecule has 1 saturated heterocycles. The lowest BCUT2D eigenvalue weighted by Crippen LogP contribution is -2.55. The van der Waals surface area contributed by atoms with E-state index in [1.54, 1.807) is 43.5 Å². The van der Waals surface area contributed by atoms with E-state index < -0.39 is 34.7 Å². The van der Waals surface area contributed by atoms with Crippen LogP contribution in [0, 0.1) is 0 Å². The van der Waals surface area contributed by atoms with Gasteiger partial charge in [0.2, 0.25) is 0 Å². The number of pyridine rings is 1. The third kappa shape index (κ3) is 3.81. The molecular formula is C21H29F3N4O2. The van der Waals surface area contributed by atoms with Crippen molar-refractivity contribution >= 4 is 22.8 Å². The van der Waals surface area contributed by atoms with Gasteiger partial charge >= 0.3 is 12.3 Å². The molecule has 0 bridgehead atoms. The fourth-order valence-corrected chi connectivity index (χ4v) is 4.42. The van der Waals surface area contributed by atoms with Crippen molar-refractivity contribution in [2.24, 2.45) is 7.05 Å². The molecule has 0 aromatic carbocycles. The highest BCUT2D eigenvalue weighted by Gasteiger charge is 2.46. The van der Waals surface area contributed by atoms with E-state index in [4.69, 9.17) is 10.5 Å². The van der Waals surface area contributed by atoms with Crippen molar-refractivity contribution in [3.63, 3.8) is 0 Å². The molecule has 1 amide bonds. The molecule has 2 aromatic rings. The van der Waals surface area contributed by atoms with Gasteiger partial charge < -0.3 is 19.9 Å². The fraction of sp³-hybridized carbons (Fsp3) is 0.619. The maximum Gasteiger partial charge on any atom is 0.419 e. The molecule has 9 heteroatoms. The SMILES string of the molecule is Cn1cc([C@@H]2CCCN(C(=O)OC(C)(C)C)C2(C)C)c2c(C(F)(F)F)c(N)cnc21. The van der Waals surface area contributed by atoms with Gasteiger partial charge in [-0.25, -0.2) is 9.78 Å². The minimum atomic E-state index is -4.62. The summed E-state index contributed by atoms with van der Waals surface area (Å²) >= 11 is 0. The zero-order valence-electron chi connectivity index (χ0n) is 18.2. The van der Waals surface area contributed by atoms with Gasteiger partial charge in [-0.3, -0.25) is 0 Å². The molecule has 2 N–H and O–H groups in total. The van der Waals surface area contributed by atoms with Crippen LogP contribution in [0.1, 0.15) is 64.5 Å². The van der Waals surface area contributed by atoms with E-state index in [1.165, 1.54) is 0 Å². The molecule has 3 rings (SSSR count). The van der Waals surface area contributed by atoms with Gasteiger partial charge in [-0.05, 0) is 53.0 Å². The lowest BCUT2D eigenvalue weighted by Gasteiger charge is -2.48. The number of hydrogen-bond donors (Lipinski definition) is 1. The largest absolute Gasteiger partial charge is 0.444 e. The number of anilines is 1. The summed E-state index contributed by atoms with van der Waals surface area (Å²) in [5.41, 5.74) is 3.74. The second-order valence-electron chi connectivity index (χ2n) is 9.46. The first-order valence-electron chi connectivity index (χ1n) is 9.96. The Morgan fingerprint density at radius 2 is 1.93 bits per heavy atom. The van der Waals surface area contributed by atoms with Gasteiger partial charge in [0.1, 0.15) is 11.2 Å². The van der Waals surface area contributed by atoms with E-state index in [0.717, 1.165) is 6.20 Å². The Balaban J connectivity index is 2.15. The van der Waals surface area contributed by atoms with Gasteiger partial charge in [0.25, 0.3) is 0 Å². The number of alkyl halides is 3. The highest BCUT2D eigenvalue weighted by molar-refractivity contribution is 5.89. The number of amides is 1. The van der Waals surface area contributed by atoms with Crippen molar-refractivity contribution in [2.75, 3.05) is 12.3 Å². The number of ether oxygens (including phenoxy) is 1. The fourth-order valence-electron chi connectivity index (χ4n) is 4.42. The molecule has 30 heavy (non-hydrogen) atoms. The molecule has 0 radical (unpaired) electrons. The van der Waals surface area contributed by atoms with Crippen LogP contribution in [0.25, 0.3) is 11.0 Å². The van der Waals surface area contributed by atoms with Crippen LogP contribution < -0.4 is 5.73 Å². The minimum Gasteiger partial charge on any atom is -0.444 e. The molecule has 1 fully saturated rings. The predicted molar refractivity (Wildman–Crippen MR) is 109 cm³/mol. The van der Waals surface area contributed by atoms with Crippen LogP contribution in [0.4, 0.5) is 23.7 Å². The van der Waals surface area contributed by atoms with E-state index in [9.17, 15) is 18.0 Å². The number of piperidine rings is 1. The number of aromatic nitrogens is 2. The second-order valence-corrected chi connectivity index (χ2v) is 9.46. The maximum absolute atomic E-state index is 13.9. The molecule has 166 valence electrons. The molecule has 0 aliphatic carbocycles. The minimum absolute atomic E-state index is 0.00844. The number of carbonyl (C=O) groups excluding carboxylic acids is 1. The van der Waals surface area contributed by atoms with Crippen LogP contribution in [-0.4, -0.2) is 38.2 Å². The van der Waals surface area contributed by atoms with Crippen LogP contribution in [0.2, 0.25) is 0 Å². The molecule has 1 aliphatic heterocycles. The number of nitrogens with two attached hydrogens (primary N) is 1. The van der Waals surface area contributed by atoms with Crippen LogP contribution in [0.3, 0.4) is 0 Å².